The van der Waals surface area contributed by atoms with Gasteiger partial charge in [0.1, 0.15) is 28.9 Å². The molecule has 0 saturated carbocycles. The Bertz CT molecular complexity index is 761. The predicted molar refractivity (Wildman–Crippen MR) is 93.8 cm³/mol. The summed E-state index contributed by atoms with van der Waals surface area (Å²) in [5.41, 5.74) is -0.952. The van der Waals surface area contributed by atoms with Crippen LogP contribution in [-0.4, -0.2) is 55.2 Å². The van der Waals surface area contributed by atoms with E-state index in [9.17, 15) is 29.4 Å². The third kappa shape index (κ3) is 3.36. The number of hydrogen-bond acceptors (Lipinski definition) is 9. The average Bonchev–Trinajstić information content (AvgIpc) is 2.67. The van der Waals surface area contributed by atoms with E-state index in [2.05, 4.69) is 4.74 Å². The summed E-state index contributed by atoms with van der Waals surface area (Å²) < 4.78 is 14.0. The van der Waals surface area contributed by atoms with E-state index in [1.54, 1.807) is 0 Å². The molecule has 0 heterocycles. The summed E-state index contributed by atoms with van der Waals surface area (Å²) in [6.07, 6.45) is 1.35. The number of ketones is 1. The second-order valence-corrected chi connectivity index (χ2v) is 6.77. The number of Topliss-reactive ketones (excluding diaryl/α,β-unsaturated/α-hetero) is 1. The summed E-state index contributed by atoms with van der Waals surface area (Å²) in [4.78, 5) is 49.5. The molecule has 0 aromatic carbocycles. The van der Waals surface area contributed by atoms with Crippen LogP contribution < -0.4 is 0 Å². The molecule has 0 aromatic rings. The van der Waals surface area contributed by atoms with Gasteiger partial charge in [-0.3, -0.25) is 14.4 Å². The maximum atomic E-state index is 12.8. The van der Waals surface area contributed by atoms with E-state index in [0.29, 0.717) is 12.8 Å². The Kier molecular flexibility index (Phi) is 6.48. The minimum atomic E-state index is -1.44. The van der Waals surface area contributed by atoms with Crippen molar-refractivity contribution in [2.75, 3.05) is 21.3 Å². The Morgan fingerprint density at radius 3 is 2.07 bits per heavy atom. The van der Waals surface area contributed by atoms with Crippen molar-refractivity contribution in [1.82, 2.24) is 0 Å². The Balaban J connectivity index is 2.77. The highest BCUT2D eigenvalue weighted by molar-refractivity contribution is 6.24. The molecule has 0 radical (unpaired) electrons. The van der Waals surface area contributed by atoms with Crippen molar-refractivity contribution in [2.24, 2.45) is 23.7 Å². The van der Waals surface area contributed by atoms with Crippen molar-refractivity contribution in [3.05, 3.63) is 22.7 Å². The number of carbonyl (C=O) groups excluding carboxylic acids is 4. The molecule has 2 rings (SSSR count). The highest BCUT2D eigenvalue weighted by Crippen LogP contribution is 2.49. The van der Waals surface area contributed by atoms with Gasteiger partial charge in [0.25, 0.3) is 0 Å². The first-order chi connectivity index (χ1) is 13.2. The normalized spacial score (nSPS) is 27.2. The number of hydrogen-bond donors (Lipinski definition) is 2. The molecule has 0 saturated heterocycles. The first kappa shape index (κ1) is 21.5. The number of aliphatic hydroxyl groups is 2. The highest BCUT2D eigenvalue weighted by atomic mass is 16.5. The number of aliphatic hydroxyl groups excluding tert-OH is 2. The van der Waals surface area contributed by atoms with Gasteiger partial charge in [0.2, 0.25) is 0 Å². The van der Waals surface area contributed by atoms with Gasteiger partial charge in [0.15, 0.2) is 5.78 Å². The molecule has 0 bridgehead atoms. The summed E-state index contributed by atoms with van der Waals surface area (Å²) in [5.74, 6) is -8.88. The van der Waals surface area contributed by atoms with E-state index in [0.717, 1.165) is 14.2 Å². The van der Waals surface area contributed by atoms with Gasteiger partial charge in [-0.25, -0.2) is 4.79 Å². The second-order valence-electron chi connectivity index (χ2n) is 6.77. The summed E-state index contributed by atoms with van der Waals surface area (Å²) in [6, 6.07) is 0. The van der Waals surface area contributed by atoms with E-state index in [1.807, 2.05) is 6.92 Å². The highest BCUT2D eigenvalue weighted by Gasteiger charge is 2.54. The summed E-state index contributed by atoms with van der Waals surface area (Å²) in [7, 11) is 3.28. The van der Waals surface area contributed by atoms with Gasteiger partial charge in [-0.2, -0.15) is 0 Å². The van der Waals surface area contributed by atoms with Gasteiger partial charge in [-0.05, 0) is 18.8 Å². The topological polar surface area (TPSA) is 136 Å². The van der Waals surface area contributed by atoms with Crippen molar-refractivity contribution in [3.63, 3.8) is 0 Å². The van der Waals surface area contributed by atoms with Gasteiger partial charge in [0, 0.05) is 11.5 Å². The maximum absolute atomic E-state index is 12.8. The summed E-state index contributed by atoms with van der Waals surface area (Å²) in [6.45, 7) is 1.89. The Morgan fingerprint density at radius 2 is 1.57 bits per heavy atom. The smallest absolute Gasteiger partial charge is 0.345 e. The number of carbonyl (C=O) groups is 4. The van der Waals surface area contributed by atoms with Crippen molar-refractivity contribution in [3.8, 4) is 0 Å². The minimum absolute atomic E-state index is 0.150. The number of rotatable bonds is 5. The predicted octanol–water partition coefficient (Wildman–Crippen LogP) is 1.38. The van der Waals surface area contributed by atoms with Crippen molar-refractivity contribution in [2.45, 2.75) is 26.2 Å². The molecular weight excluding hydrogens is 372 g/mol. The second kappa shape index (κ2) is 8.45. The number of ether oxygens (including phenoxy) is 3. The molecule has 28 heavy (non-hydrogen) atoms. The number of methoxy groups -OCH3 is 3. The van der Waals surface area contributed by atoms with Crippen LogP contribution in [0.3, 0.4) is 0 Å². The molecule has 0 aliphatic heterocycles. The van der Waals surface area contributed by atoms with Crippen LogP contribution in [0.25, 0.3) is 0 Å². The molecule has 154 valence electrons. The van der Waals surface area contributed by atoms with E-state index < -0.39 is 64.5 Å². The fourth-order valence-corrected chi connectivity index (χ4v) is 4.13. The molecule has 0 spiro atoms. The molecule has 2 aliphatic carbocycles. The van der Waals surface area contributed by atoms with Crippen molar-refractivity contribution < 1.29 is 43.6 Å². The van der Waals surface area contributed by atoms with Crippen LogP contribution in [0.15, 0.2) is 22.7 Å². The lowest BCUT2D eigenvalue weighted by Crippen LogP contribution is -2.46. The number of esters is 3. The molecule has 0 aromatic heterocycles. The molecule has 2 aliphatic rings. The van der Waals surface area contributed by atoms with Crippen molar-refractivity contribution in [1.29, 1.82) is 0 Å². The maximum Gasteiger partial charge on any atom is 0.345 e. The van der Waals surface area contributed by atoms with Gasteiger partial charge in [-0.15, -0.1) is 0 Å². The van der Waals surface area contributed by atoms with E-state index in [4.69, 9.17) is 9.47 Å². The van der Waals surface area contributed by atoms with Crippen LogP contribution >= 0.6 is 0 Å². The molecule has 2 N–H and O–H groups in total. The molecule has 0 amide bonds. The van der Waals surface area contributed by atoms with Gasteiger partial charge < -0.3 is 24.4 Å². The van der Waals surface area contributed by atoms with Crippen LogP contribution in [-0.2, 0) is 33.4 Å². The fraction of sp³-hybridized carbons (Fsp3) is 0.579. The molecular formula is C19H24O9. The van der Waals surface area contributed by atoms with Crippen molar-refractivity contribution >= 4 is 23.7 Å². The Morgan fingerprint density at radius 1 is 1.00 bits per heavy atom. The van der Waals surface area contributed by atoms with E-state index in [1.165, 1.54) is 7.11 Å². The molecule has 4 atom stereocenters. The molecule has 4 unspecified atom stereocenters. The van der Waals surface area contributed by atoms with Crippen LogP contribution in [0.4, 0.5) is 0 Å². The average molecular weight is 396 g/mol. The van der Waals surface area contributed by atoms with Crippen LogP contribution in [0.1, 0.15) is 26.2 Å². The first-order valence-electron chi connectivity index (χ1n) is 8.89. The zero-order chi connectivity index (χ0) is 21.2. The summed E-state index contributed by atoms with van der Waals surface area (Å²) >= 11 is 0. The lowest BCUT2D eigenvalue weighted by molar-refractivity contribution is -0.152. The molecule has 0 fully saturated rings. The Hall–Kier alpha value is -2.84. The first-order valence-corrected chi connectivity index (χ1v) is 8.89. The van der Waals surface area contributed by atoms with Gasteiger partial charge >= 0.3 is 17.9 Å². The third-order valence-electron chi connectivity index (χ3n) is 5.35. The van der Waals surface area contributed by atoms with Crippen LogP contribution in [0, 0.1) is 23.7 Å². The monoisotopic (exact) mass is 396 g/mol. The Labute approximate surface area is 161 Å². The third-order valence-corrected chi connectivity index (χ3v) is 5.35. The zero-order valence-corrected chi connectivity index (χ0v) is 16.2. The van der Waals surface area contributed by atoms with E-state index >= 15 is 0 Å². The van der Waals surface area contributed by atoms with Gasteiger partial charge in [0.05, 0.1) is 21.3 Å². The quantitative estimate of drug-likeness (QED) is 0.305. The van der Waals surface area contributed by atoms with Crippen LogP contribution in [0.5, 0.6) is 0 Å². The summed E-state index contributed by atoms with van der Waals surface area (Å²) in [5, 5.41) is 21.4. The lowest BCUT2D eigenvalue weighted by Gasteiger charge is -2.40. The SMILES string of the molecule is CCCC1CC2C(=C(O)C1C(=O)OC)C(O)=C(C(=O)OC)C(=O)C2C(=O)OC. The largest absolute Gasteiger partial charge is 0.511 e. The standard InChI is InChI=1S/C19H24O9/c1-5-6-8-7-9-11(14(20)10(8)17(23)26-2)15(21)13(19(25)28-4)16(22)12(9)18(24)27-3/h8-10,12,20-21H,5-7H2,1-4H3. The zero-order valence-electron chi connectivity index (χ0n) is 16.2. The molecule has 9 heteroatoms. The van der Waals surface area contributed by atoms with Gasteiger partial charge in [-0.1, -0.05) is 13.3 Å². The van der Waals surface area contributed by atoms with Crippen LogP contribution in [0.2, 0.25) is 0 Å². The number of allylic oxidation sites excluding steroid dienone is 1. The van der Waals surface area contributed by atoms with E-state index in [-0.39, 0.29) is 12.0 Å². The minimum Gasteiger partial charge on any atom is -0.511 e. The lowest BCUT2D eigenvalue weighted by atomic mass is 9.63. The number of fused-ring (bicyclic) bond motifs is 1. The fourth-order valence-electron chi connectivity index (χ4n) is 4.13. The molecule has 9 nitrogen and oxygen atoms in total.